The molecule has 0 saturated heterocycles. The molecule has 0 spiro atoms. The van der Waals surface area contributed by atoms with Crippen LogP contribution in [0.1, 0.15) is 242 Å². The molecule has 0 fully saturated rings. The highest BCUT2D eigenvalue weighted by Gasteiger charge is 2.26. The number of fused-ring (bicyclic) bond motifs is 10. The minimum atomic E-state index is -0.109. The smallest absolute Gasteiger partial charge is 0.243 e. The summed E-state index contributed by atoms with van der Waals surface area (Å²) in [5.41, 5.74) is 15.2. The summed E-state index contributed by atoms with van der Waals surface area (Å²) in [5, 5.41) is 6.33. The van der Waals surface area contributed by atoms with Gasteiger partial charge >= 0.3 is 0 Å². The average Bonchev–Trinajstić information content (AvgIpc) is 1.73. The molecule has 0 bridgehead atoms. The number of aromatic nitrogens is 8. The number of nitrogens with one attached hydrogen (secondary N) is 2. The summed E-state index contributed by atoms with van der Waals surface area (Å²) < 4.78 is 35.9. The molecule has 0 atom stereocenters. The number of imidazole rings is 1. The number of aromatic amines is 2. The fraction of sp³-hybridized carbons (Fsp3) is 0.308. The molecule has 123 heavy (non-hydrogen) atoms. The molecule has 0 aliphatic carbocycles. The van der Waals surface area contributed by atoms with E-state index in [1.807, 2.05) is 157 Å². The highest BCUT2D eigenvalue weighted by atomic mass is 32.1. The van der Waals surface area contributed by atoms with E-state index in [2.05, 4.69) is 306 Å². The molecular formula is C107H122N8O6S2. The molecule has 0 unspecified atom stereocenters. The zero-order valence-corrected chi connectivity index (χ0v) is 76.8. The van der Waals surface area contributed by atoms with Crippen molar-refractivity contribution in [3.05, 3.63) is 323 Å². The summed E-state index contributed by atoms with van der Waals surface area (Å²) in [4.78, 5) is 34.9. The summed E-state index contributed by atoms with van der Waals surface area (Å²) in [6.45, 7) is 44.3. The maximum atomic E-state index is 5.63. The Bertz CT molecular complexity index is 5360. The van der Waals surface area contributed by atoms with Gasteiger partial charge in [0.15, 0.2) is 34.5 Å². The van der Waals surface area contributed by atoms with Gasteiger partial charge in [0.05, 0.1) is 48.5 Å². The van der Waals surface area contributed by atoms with Gasteiger partial charge in [-0.15, -0.1) is 22.7 Å². The van der Waals surface area contributed by atoms with E-state index in [0.29, 0.717) is 72.4 Å². The van der Waals surface area contributed by atoms with Gasteiger partial charge in [-0.1, -0.05) is 284 Å². The van der Waals surface area contributed by atoms with Crippen molar-refractivity contribution in [1.29, 1.82) is 0 Å². The van der Waals surface area contributed by atoms with E-state index < -0.39 is 0 Å². The number of hydrogen-bond acceptors (Lipinski definition) is 14. The number of hydrogen-bond donors (Lipinski definition) is 2. The van der Waals surface area contributed by atoms with Crippen molar-refractivity contribution in [1.82, 2.24) is 39.9 Å². The maximum absolute atomic E-state index is 5.63. The van der Waals surface area contributed by atoms with Crippen molar-refractivity contribution in [3.8, 4) is 23.0 Å². The lowest BCUT2D eigenvalue weighted by atomic mass is 10.0. The highest BCUT2D eigenvalue weighted by molar-refractivity contribution is 7.19. The zero-order chi connectivity index (χ0) is 87.6. The van der Waals surface area contributed by atoms with Crippen molar-refractivity contribution in [2.75, 3.05) is 13.2 Å². The number of rotatable bonds is 10. The number of ether oxygens (including phenoxy) is 4. The van der Waals surface area contributed by atoms with Gasteiger partial charge in [-0.25, -0.2) is 19.9 Å². The van der Waals surface area contributed by atoms with Crippen LogP contribution in [-0.4, -0.2) is 59.4 Å². The van der Waals surface area contributed by atoms with Gasteiger partial charge in [0, 0.05) is 73.0 Å². The van der Waals surface area contributed by atoms with Crippen molar-refractivity contribution >= 4 is 109 Å². The van der Waals surface area contributed by atoms with E-state index in [1.54, 1.807) is 11.3 Å². The van der Waals surface area contributed by atoms with Crippen LogP contribution < -0.4 is 18.9 Å². The molecule has 0 saturated carbocycles. The molecule has 0 radical (unpaired) electrons. The van der Waals surface area contributed by atoms with Crippen LogP contribution in [0.15, 0.2) is 282 Å². The number of nitrogens with zero attached hydrogens (tertiary/aromatic N) is 6. The fourth-order valence-electron chi connectivity index (χ4n) is 12.8. The Morgan fingerprint density at radius 3 is 1.46 bits per heavy atom. The maximum Gasteiger partial charge on any atom is 0.243 e. The van der Waals surface area contributed by atoms with E-state index in [4.69, 9.17) is 27.8 Å². The molecule has 2 aliphatic heterocycles. The van der Waals surface area contributed by atoms with Gasteiger partial charge in [-0.05, 0) is 167 Å². The first-order valence-electron chi connectivity index (χ1n) is 43.3. The monoisotopic (exact) mass is 1680 g/mol. The molecule has 16 heteroatoms. The van der Waals surface area contributed by atoms with Gasteiger partial charge in [0.25, 0.3) is 0 Å². The molecule has 18 aromatic rings. The van der Waals surface area contributed by atoms with Gasteiger partial charge in [0.1, 0.15) is 35.9 Å². The second kappa shape index (κ2) is 44.7. The minimum absolute atomic E-state index is 0.109. The summed E-state index contributed by atoms with van der Waals surface area (Å²) in [5.74, 6) is 11.4. The van der Waals surface area contributed by atoms with Gasteiger partial charge in [-0.3, -0.25) is 9.97 Å². The largest absolute Gasteiger partial charge is 0.486 e. The number of furan rings is 1. The molecule has 2 N–H and O–H groups in total. The number of oxazole rings is 1. The summed E-state index contributed by atoms with van der Waals surface area (Å²) in [6.07, 6.45) is 1.75. The number of H-pyrrole nitrogens is 2. The Morgan fingerprint density at radius 2 is 0.878 bits per heavy atom. The van der Waals surface area contributed by atoms with Crippen molar-refractivity contribution < 1.29 is 27.8 Å². The predicted molar refractivity (Wildman–Crippen MR) is 518 cm³/mol. The first-order valence-corrected chi connectivity index (χ1v) is 44.9. The first kappa shape index (κ1) is 91.8. The van der Waals surface area contributed by atoms with E-state index >= 15 is 0 Å². The quantitative estimate of drug-likeness (QED) is 0.133. The lowest BCUT2D eigenvalue weighted by molar-refractivity contribution is 0.00910. The zero-order valence-electron chi connectivity index (χ0n) is 75.2. The van der Waals surface area contributed by atoms with Gasteiger partial charge in [0.2, 0.25) is 6.29 Å². The SMILES string of the molecule is CC(C)C1Oc2ccccc2O1.CC(C)c1cc2ccccc2[nH]1.CC(C)c1cc2ccccc2o1.CC(C)c1cc2ccccc2s1.CC(C)c1ccc2c(c1)OCCO2.CC(C)c1ccc2ccccc2n1.CC(C)c1cnc2ccccc2n1.CC(C)c1nc2ccccc2[nH]1.CC(C)c1nc2ccccc2o1.CC(C)c1nc2ccccc2s1. The molecular weight excluding hydrogens is 1560 g/mol. The van der Waals surface area contributed by atoms with Crippen molar-refractivity contribution in [2.45, 2.75) is 198 Å². The van der Waals surface area contributed by atoms with E-state index in [1.165, 1.54) is 63.3 Å². The van der Waals surface area contributed by atoms with Crippen molar-refractivity contribution in [2.24, 2.45) is 5.92 Å². The summed E-state index contributed by atoms with van der Waals surface area (Å²) >= 11 is 3.70. The van der Waals surface area contributed by atoms with E-state index in [0.717, 1.165) is 96.0 Å². The number of benzene rings is 10. The average molecular weight is 1680 g/mol. The molecule has 20 rings (SSSR count). The van der Waals surface area contributed by atoms with Crippen LogP contribution in [0, 0.1) is 5.92 Å². The first-order chi connectivity index (χ1) is 59.2. The highest BCUT2D eigenvalue weighted by Crippen LogP contribution is 2.37. The van der Waals surface area contributed by atoms with Crippen LogP contribution in [0.2, 0.25) is 0 Å². The molecule has 0 amide bonds. The second-order valence-electron chi connectivity index (χ2n) is 33.7. The van der Waals surface area contributed by atoms with Gasteiger partial charge < -0.3 is 37.7 Å². The van der Waals surface area contributed by atoms with Crippen LogP contribution in [0.4, 0.5) is 0 Å². The van der Waals surface area contributed by atoms with Crippen LogP contribution >= 0.6 is 22.7 Å². The van der Waals surface area contributed by atoms with Crippen LogP contribution in [0.3, 0.4) is 0 Å². The predicted octanol–water partition coefficient (Wildman–Crippen LogP) is 31.1. The molecule has 2 aliphatic rings. The third kappa shape index (κ3) is 26.3. The Kier molecular flexibility index (Phi) is 33.4. The molecule has 8 aromatic heterocycles. The molecule has 10 heterocycles. The third-order valence-corrected chi connectivity index (χ3v) is 22.9. The number of pyridine rings is 1. The van der Waals surface area contributed by atoms with Crippen molar-refractivity contribution in [3.63, 3.8) is 0 Å². The Hall–Kier alpha value is -12.0. The Morgan fingerprint density at radius 1 is 0.325 bits per heavy atom. The summed E-state index contributed by atoms with van der Waals surface area (Å²) in [7, 11) is 0. The third-order valence-electron chi connectivity index (χ3n) is 20.1. The molecule has 638 valence electrons. The van der Waals surface area contributed by atoms with Crippen LogP contribution in [-0.2, 0) is 0 Å². The van der Waals surface area contributed by atoms with E-state index in [-0.39, 0.29) is 6.29 Å². The van der Waals surface area contributed by atoms with Gasteiger partial charge in [-0.2, -0.15) is 0 Å². The summed E-state index contributed by atoms with van der Waals surface area (Å²) in [6, 6.07) is 90.2. The normalized spacial score (nSPS) is 12.0. The van der Waals surface area contributed by atoms with Crippen LogP contribution in [0.25, 0.3) is 86.2 Å². The number of thiophene rings is 1. The van der Waals surface area contributed by atoms with E-state index in [9.17, 15) is 0 Å². The lowest BCUT2D eigenvalue weighted by Crippen LogP contribution is -2.24. The fourth-order valence-corrected chi connectivity index (χ4v) is 14.8. The minimum Gasteiger partial charge on any atom is -0.486 e. The Labute approximate surface area is 735 Å². The second-order valence-corrected chi connectivity index (χ2v) is 35.8. The Balaban J connectivity index is 0.000000133. The standard InChI is InChI=1S/C12H13N.C11H12N2.C11H13N.C11H14O2.C11H12O.C11H12S.C10H12N2.C10H11NO.C10H11NS.C10H12O2/c1-9(2)11-8-7-10-5-3-4-6-12(10)13-11;1-8(2)11-7-12-9-5-3-4-6-10(9)13-11;1-8(2)11-7-9-5-3-4-6-10(9)12-11;1-8(2)9-3-4-10-11(7-9)13-6-5-12-10;2*1-8(2)11-7-9-5-3-4-6-10(9)12-11;4*1-7(2)10-11-8-5-3-4-6-9(8)12-10/h3-9H,1-2H3;3-8H,1-2H3;3-8,12H,1-2H3;3-4,7-8H,5-6H2,1-2H3;2*3-8H,1-2H3;3-7H,1-2H3,(H,11,12);2*3-7H,1-2H3;3-7,10H,1-2H3. The molecule has 14 nitrogen and oxygen atoms in total. The van der Waals surface area contributed by atoms with Crippen LogP contribution in [0.5, 0.6) is 23.0 Å². The molecule has 10 aromatic carbocycles. The topological polar surface area (TPSA) is 172 Å². The number of thiazole rings is 1. The lowest BCUT2D eigenvalue weighted by Gasteiger charge is -2.19. The number of para-hydroxylation sites is 12.